The van der Waals surface area contributed by atoms with Crippen molar-refractivity contribution in [2.45, 2.75) is 13.5 Å². The van der Waals surface area contributed by atoms with Gasteiger partial charge in [0.2, 0.25) is 0 Å². The van der Waals surface area contributed by atoms with Crippen LogP contribution in [0.3, 0.4) is 0 Å². The zero-order valence-electron chi connectivity index (χ0n) is 13.8. The quantitative estimate of drug-likeness (QED) is 0.334. The molecule has 0 fully saturated rings. The van der Waals surface area contributed by atoms with Crippen LogP contribution in [-0.4, -0.2) is 4.57 Å². The second-order valence-corrected chi connectivity index (χ2v) is 6.95. The van der Waals surface area contributed by atoms with Crippen LogP contribution in [0.25, 0.3) is 34.0 Å². The number of hydrogen-bond donors (Lipinski definition) is 0. The smallest absolute Gasteiger partial charge is 0.131 e. The maximum absolute atomic E-state index is 14.0. The molecule has 4 aromatic rings. The average Bonchev–Trinajstić information content (AvgIpc) is 2.94. The van der Waals surface area contributed by atoms with Gasteiger partial charge in [0.05, 0.1) is 0 Å². The summed E-state index contributed by atoms with van der Waals surface area (Å²) in [6, 6.07) is 20.0. The van der Waals surface area contributed by atoms with E-state index in [9.17, 15) is 4.39 Å². The van der Waals surface area contributed by atoms with Gasteiger partial charge in [0.25, 0.3) is 0 Å². The van der Waals surface area contributed by atoms with Crippen LogP contribution in [0.1, 0.15) is 18.1 Å². The third kappa shape index (κ3) is 2.89. The topological polar surface area (TPSA) is 4.93 Å². The van der Waals surface area contributed by atoms with Gasteiger partial charge in [-0.1, -0.05) is 58.4 Å². The van der Waals surface area contributed by atoms with Crippen molar-refractivity contribution in [3.05, 3.63) is 82.1 Å². The van der Waals surface area contributed by atoms with Gasteiger partial charge in [-0.2, -0.15) is 0 Å². The molecule has 124 valence electrons. The van der Waals surface area contributed by atoms with E-state index in [2.05, 4.69) is 69.9 Å². The number of fused-ring (bicyclic) bond motifs is 3. The molecule has 0 aliphatic heterocycles. The predicted molar refractivity (Wildman–Crippen MR) is 108 cm³/mol. The van der Waals surface area contributed by atoms with Crippen molar-refractivity contribution in [2.75, 3.05) is 0 Å². The van der Waals surface area contributed by atoms with Gasteiger partial charge in [-0.05, 0) is 42.8 Å². The molecule has 4 rings (SSSR count). The molecule has 0 unspecified atom stereocenters. The predicted octanol–water partition coefficient (Wildman–Crippen LogP) is 6.89. The van der Waals surface area contributed by atoms with Gasteiger partial charge in [-0.25, -0.2) is 4.39 Å². The molecule has 0 amide bonds. The summed E-state index contributed by atoms with van der Waals surface area (Å²) < 4.78 is 17.1. The van der Waals surface area contributed by atoms with E-state index in [1.54, 1.807) is 6.07 Å². The summed E-state index contributed by atoms with van der Waals surface area (Å²) in [5.41, 5.74) is 4.13. The second-order valence-electron chi connectivity index (χ2n) is 6.04. The van der Waals surface area contributed by atoms with E-state index in [0.29, 0.717) is 5.56 Å². The summed E-state index contributed by atoms with van der Waals surface area (Å²) in [5, 5.41) is 2.49. The summed E-state index contributed by atoms with van der Waals surface area (Å²) in [5.74, 6) is -0.228. The van der Waals surface area contributed by atoms with Gasteiger partial charge >= 0.3 is 0 Å². The Balaban J connectivity index is 1.81. The first-order valence-electron chi connectivity index (χ1n) is 8.31. The third-order valence-corrected chi connectivity index (χ3v) is 5.02. The summed E-state index contributed by atoms with van der Waals surface area (Å²) >= 11 is 3.29. The van der Waals surface area contributed by atoms with E-state index in [1.807, 2.05) is 18.2 Å². The molecule has 0 aliphatic rings. The number of nitrogens with zero attached hydrogens (tertiary/aromatic N) is 1. The van der Waals surface area contributed by atoms with Gasteiger partial charge in [0, 0.05) is 38.4 Å². The first-order chi connectivity index (χ1) is 12.2. The first kappa shape index (κ1) is 16.1. The molecule has 0 atom stereocenters. The van der Waals surface area contributed by atoms with Crippen molar-refractivity contribution in [1.82, 2.24) is 4.57 Å². The molecule has 0 saturated carbocycles. The minimum atomic E-state index is -0.228. The molecule has 1 aromatic heterocycles. The lowest BCUT2D eigenvalue weighted by Gasteiger charge is -2.03. The van der Waals surface area contributed by atoms with Crippen LogP contribution >= 0.6 is 15.9 Å². The number of rotatable bonds is 3. The minimum absolute atomic E-state index is 0.228. The number of hydrogen-bond acceptors (Lipinski definition) is 0. The first-order valence-corrected chi connectivity index (χ1v) is 9.11. The Morgan fingerprint density at radius 3 is 2.52 bits per heavy atom. The van der Waals surface area contributed by atoms with Crippen molar-refractivity contribution in [3.63, 3.8) is 0 Å². The minimum Gasteiger partial charge on any atom is -0.341 e. The number of para-hydroxylation sites is 1. The Labute approximate surface area is 154 Å². The monoisotopic (exact) mass is 393 g/mol. The molecule has 0 bridgehead atoms. The molecule has 0 spiro atoms. The largest absolute Gasteiger partial charge is 0.341 e. The molecule has 1 heterocycles. The van der Waals surface area contributed by atoms with Crippen molar-refractivity contribution in [1.29, 1.82) is 0 Å². The molecular formula is C22H17BrFN. The lowest BCUT2D eigenvalue weighted by molar-refractivity contribution is 0.624. The summed E-state index contributed by atoms with van der Waals surface area (Å²) in [7, 11) is 0. The SMILES string of the molecule is CCn1c2ccccc2c2cc(/C=C/c3ccc(Br)cc3F)ccc21. The lowest BCUT2D eigenvalue weighted by Crippen LogP contribution is -1.92. The molecule has 3 aromatic carbocycles. The van der Waals surface area contributed by atoms with E-state index >= 15 is 0 Å². The van der Waals surface area contributed by atoms with Gasteiger partial charge in [0.1, 0.15) is 5.82 Å². The van der Waals surface area contributed by atoms with Gasteiger partial charge in [-0.15, -0.1) is 0 Å². The summed E-state index contributed by atoms with van der Waals surface area (Å²) in [6.45, 7) is 3.10. The van der Waals surface area contributed by atoms with Crippen LogP contribution in [-0.2, 0) is 6.54 Å². The van der Waals surface area contributed by atoms with E-state index < -0.39 is 0 Å². The molecule has 0 aliphatic carbocycles. The number of aromatic nitrogens is 1. The van der Waals surface area contributed by atoms with Crippen molar-refractivity contribution >= 4 is 49.9 Å². The maximum Gasteiger partial charge on any atom is 0.131 e. The van der Waals surface area contributed by atoms with Crippen LogP contribution in [0, 0.1) is 5.82 Å². The van der Waals surface area contributed by atoms with Gasteiger partial charge < -0.3 is 4.57 Å². The van der Waals surface area contributed by atoms with Crippen LogP contribution in [0.4, 0.5) is 4.39 Å². The van der Waals surface area contributed by atoms with Gasteiger partial charge in [0.15, 0.2) is 0 Å². The molecular weight excluding hydrogens is 377 g/mol. The third-order valence-electron chi connectivity index (χ3n) is 4.53. The van der Waals surface area contributed by atoms with E-state index in [4.69, 9.17) is 0 Å². The molecule has 1 nitrogen and oxygen atoms in total. The zero-order valence-corrected chi connectivity index (χ0v) is 15.4. The molecule has 0 radical (unpaired) electrons. The summed E-state index contributed by atoms with van der Waals surface area (Å²) in [6.07, 6.45) is 3.78. The highest BCUT2D eigenvalue weighted by molar-refractivity contribution is 9.10. The Morgan fingerprint density at radius 2 is 1.72 bits per heavy atom. The zero-order chi connectivity index (χ0) is 17.4. The lowest BCUT2D eigenvalue weighted by atomic mass is 10.1. The molecule has 0 saturated heterocycles. The standard InChI is InChI=1S/C22H17BrFN/c1-2-25-21-6-4-3-5-18(21)19-13-15(8-12-22(19)25)7-9-16-10-11-17(23)14-20(16)24/h3-14H,2H2,1H3/b9-7+. The highest BCUT2D eigenvalue weighted by atomic mass is 79.9. The highest BCUT2D eigenvalue weighted by Crippen LogP contribution is 2.30. The number of aryl methyl sites for hydroxylation is 1. The van der Waals surface area contributed by atoms with Gasteiger partial charge in [-0.3, -0.25) is 0 Å². The Kier molecular flexibility index (Phi) is 4.18. The van der Waals surface area contributed by atoms with E-state index in [0.717, 1.165) is 16.6 Å². The Bertz CT molecular complexity index is 1110. The van der Waals surface area contributed by atoms with E-state index in [1.165, 1.54) is 27.9 Å². The van der Waals surface area contributed by atoms with Crippen LogP contribution in [0.5, 0.6) is 0 Å². The Morgan fingerprint density at radius 1 is 0.920 bits per heavy atom. The van der Waals surface area contributed by atoms with E-state index in [-0.39, 0.29) is 5.82 Å². The van der Waals surface area contributed by atoms with Crippen molar-refractivity contribution < 1.29 is 4.39 Å². The average molecular weight is 394 g/mol. The molecule has 0 N–H and O–H groups in total. The number of benzene rings is 3. The number of halogens is 2. The highest BCUT2D eigenvalue weighted by Gasteiger charge is 2.09. The van der Waals surface area contributed by atoms with Crippen LogP contribution in [0.15, 0.2) is 65.1 Å². The second kappa shape index (κ2) is 6.49. The molecule has 3 heteroatoms. The fourth-order valence-corrected chi connectivity index (χ4v) is 3.67. The fraction of sp³-hybridized carbons (Fsp3) is 0.0909. The maximum atomic E-state index is 14.0. The van der Waals surface area contributed by atoms with Crippen molar-refractivity contribution in [3.8, 4) is 0 Å². The molecule has 25 heavy (non-hydrogen) atoms. The fourth-order valence-electron chi connectivity index (χ4n) is 3.34. The summed E-state index contributed by atoms with van der Waals surface area (Å²) in [4.78, 5) is 0. The van der Waals surface area contributed by atoms with Crippen LogP contribution < -0.4 is 0 Å². The van der Waals surface area contributed by atoms with Crippen LogP contribution in [0.2, 0.25) is 0 Å². The Hall–Kier alpha value is -2.39. The van der Waals surface area contributed by atoms with Crippen molar-refractivity contribution in [2.24, 2.45) is 0 Å². The normalized spacial score (nSPS) is 11.8.